The van der Waals surface area contributed by atoms with E-state index in [1.54, 1.807) is 6.26 Å². The number of furan rings is 1. The fourth-order valence-corrected chi connectivity index (χ4v) is 2.98. The first-order valence-corrected chi connectivity index (χ1v) is 6.18. The summed E-state index contributed by atoms with van der Waals surface area (Å²) < 4.78 is 11.4. The molecule has 1 saturated carbocycles. The van der Waals surface area contributed by atoms with Crippen molar-refractivity contribution in [3.05, 3.63) is 24.2 Å². The molecule has 1 saturated heterocycles. The highest BCUT2D eigenvalue weighted by Gasteiger charge is 2.50. The van der Waals surface area contributed by atoms with Gasteiger partial charge in [0, 0.05) is 25.0 Å². The minimum Gasteiger partial charge on any atom is -0.469 e. The summed E-state index contributed by atoms with van der Waals surface area (Å²) in [6.07, 6.45) is 6.72. The number of rotatable bonds is 4. The maximum atomic E-state index is 6.02. The van der Waals surface area contributed by atoms with Gasteiger partial charge in [-0.15, -0.1) is 0 Å². The van der Waals surface area contributed by atoms with Gasteiger partial charge in [-0.25, -0.2) is 0 Å². The van der Waals surface area contributed by atoms with Gasteiger partial charge >= 0.3 is 0 Å². The molecule has 3 nitrogen and oxygen atoms in total. The van der Waals surface area contributed by atoms with Crippen molar-refractivity contribution < 1.29 is 9.15 Å². The quantitative estimate of drug-likeness (QED) is 0.845. The largest absolute Gasteiger partial charge is 0.469 e. The van der Waals surface area contributed by atoms with Crippen molar-refractivity contribution in [3.63, 3.8) is 0 Å². The molecule has 0 radical (unpaired) electrons. The van der Waals surface area contributed by atoms with E-state index < -0.39 is 0 Å². The summed E-state index contributed by atoms with van der Waals surface area (Å²) in [6.45, 7) is 1.56. The minimum absolute atomic E-state index is 0.124. The van der Waals surface area contributed by atoms with Crippen molar-refractivity contribution in [1.29, 1.82) is 0 Å². The van der Waals surface area contributed by atoms with E-state index in [9.17, 15) is 0 Å². The summed E-state index contributed by atoms with van der Waals surface area (Å²) in [6, 6.07) is 3.99. The molecule has 0 amide bonds. The molecule has 3 rings (SSSR count). The Labute approximate surface area is 96.0 Å². The molecule has 0 aromatic carbocycles. The fraction of sp³-hybridized carbons (Fsp3) is 0.692. The Morgan fingerprint density at radius 3 is 2.94 bits per heavy atom. The van der Waals surface area contributed by atoms with Crippen LogP contribution in [0.4, 0.5) is 0 Å². The highest BCUT2D eigenvalue weighted by Crippen LogP contribution is 2.48. The zero-order valence-corrected chi connectivity index (χ0v) is 9.52. The molecule has 0 bridgehead atoms. The summed E-state index contributed by atoms with van der Waals surface area (Å²) in [5.41, 5.74) is 6.14. The Kier molecular flexibility index (Phi) is 2.52. The summed E-state index contributed by atoms with van der Waals surface area (Å²) in [5, 5.41) is 0. The van der Waals surface area contributed by atoms with E-state index in [2.05, 4.69) is 0 Å². The molecule has 2 atom stereocenters. The van der Waals surface area contributed by atoms with Crippen molar-refractivity contribution in [2.24, 2.45) is 17.1 Å². The maximum Gasteiger partial charge on any atom is 0.104 e. The lowest BCUT2D eigenvalue weighted by atomic mass is 9.75. The third-order valence-corrected chi connectivity index (χ3v) is 4.06. The zero-order chi connectivity index (χ0) is 11.0. The normalized spacial score (nSPS) is 34.4. The van der Waals surface area contributed by atoms with Gasteiger partial charge in [0.05, 0.1) is 12.4 Å². The van der Waals surface area contributed by atoms with Crippen molar-refractivity contribution >= 4 is 0 Å². The fourth-order valence-electron chi connectivity index (χ4n) is 2.98. The zero-order valence-electron chi connectivity index (χ0n) is 9.52. The van der Waals surface area contributed by atoms with Crippen molar-refractivity contribution in [2.75, 3.05) is 13.2 Å². The first-order valence-electron chi connectivity index (χ1n) is 6.18. The van der Waals surface area contributed by atoms with Crippen LogP contribution >= 0.6 is 0 Å². The van der Waals surface area contributed by atoms with Gasteiger partial charge in [-0.05, 0) is 37.3 Å². The average Bonchev–Trinajstić information content (AvgIpc) is 2.86. The lowest BCUT2D eigenvalue weighted by Crippen LogP contribution is -2.41. The van der Waals surface area contributed by atoms with Crippen molar-refractivity contribution in [2.45, 2.75) is 31.8 Å². The summed E-state index contributed by atoms with van der Waals surface area (Å²) >= 11 is 0. The van der Waals surface area contributed by atoms with Gasteiger partial charge < -0.3 is 14.9 Å². The molecule has 2 heterocycles. The first kappa shape index (κ1) is 10.4. The second kappa shape index (κ2) is 3.90. The van der Waals surface area contributed by atoms with Crippen LogP contribution in [-0.2, 0) is 11.2 Å². The van der Waals surface area contributed by atoms with Crippen LogP contribution in [0.15, 0.2) is 22.8 Å². The Morgan fingerprint density at radius 1 is 1.44 bits per heavy atom. The van der Waals surface area contributed by atoms with Crippen LogP contribution < -0.4 is 5.73 Å². The van der Waals surface area contributed by atoms with Gasteiger partial charge in [0.2, 0.25) is 0 Å². The van der Waals surface area contributed by atoms with Crippen LogP contribution in [-0.4, -0.2) is 19.3 Å². The van der Waals surface area contributed by atoms with Gasteiger partial charge in [0.25, 0.3) is 0 Å². The standard InChI is InChI=1S/C13H19NO2/c14-9-13(8-11-2-1-6-15-11)5-7-16-12(13)10-3-4-10/h1-2,6,10,12H,3-5,7-9,14H2. The third-order valence-electron chi connectivity index (χ3n) is 4.06. The smallest absolute Gasteiger partial charge is 0.104 e. The number of nitrogens with two attached hydrogens (primary N) is 1. The lowest BCUT2D eigenvalue weighted by molar-refractivity contribution is 0.0323. The Hall–Kier alpha value is -0.800. The van der Waals surface area contributed by atoms with Crippen molar-refractivity contribution in [3.8, 4) is 0 Å². The van der Waals surface area contributed by atoms with E-state index in [0.717, 1.165) is 31.1 Å². The molecule has 1 aromatic rings. The molecule has 3 heteroatoms. The highest BCUT2D eigenvalue weighted by molar-refractivity contribution is 5.08. The van der Waals surface area contributed by atoms with Crippen LogP contribution in [0.3, 0.4) is 0 Å². The Morgan fingerprint density at radius 2 is 2.31 bits per heavy atom. The predicted molar refractivity (Wildman–Crippen MR) is 61.0 cm³/mol. The Balaban J connectivity index is 1.80. The topological polar surface area (TPSA) is 48.4 Å². The van der Waals surface area contributed by atoms with Gasteiger partial charge in [-0.1, -0.05) is 0 Å². The van der Waals surface area contributed by atoms with Gasteiger partial charge in [-0.3, -0.25) is 0 Å². The van der Waals surface area contributed by atoms with Crippen LogP contribution in [0, 0.1) is 11.3 Å². The molecule has 16 heavy (non-hydrogen) atoms. The van der Waals surface area contributed by atoms with Crippen LogP contribution in [0.5, 0.6) is 0 Å². The molecule has 2 unspecified atom stereocenters. The van der Waals surface area contributed by atoms with Crippen LogP contribution in [0.1, 0.15) is 25.0 Å². The third kappa shape index (κ3) is 1.68. The van der Waals surface area contributed by atoms with Crippen LogP contribution in [0.25, 0.3) is 0 Å². The van der Waals surface area contributed by atoms with Gasteiger partial charge in [-0.2, -0.15) is 0 Å². The molecule has 88 valence electrons. The van der Waals surface area contributed by atoms with E-state index in [0.29, 0.717) is 12.6 Å². The van der Waals surface area contributed by atoms with E-state index in [4.69, 9.17) is 14.9 Å². The minimum atomic E-state index is 0.124. The van der Waals surface area contributed by atoms with E-state index in [1.807, 2.05) is 12.1 Å². The second-order valence-corrected chi connectivity index (χ2v) is 5.20. The summed E-state index contributed by atoms with van der Waals surface area (Å²) in [7, 11) is 0. The Bertz CT molecular complexity index is 345. The van der Waals surface area contributed by atoms with Crippen molar-refractivity contribution in [1.82, 2.24) is 0 Å². The first-order chi connectivity index (χ1) is 7.84. The number of hydrogen-bond donors (Lipinski definition) is 1. The molecule has 2 aliphatic rings. The SMILES string of the molecule is NCC1(Cc2ccco2)CCOC1C1CC1. The van der Waals surface area contributed by atoms with Crippen LogP contribution in [0.2, 0.25) is 0 Å². The maximum absolute atomic E-state index is 6.02. The number of ether oxygens (including phenoxy) is 1. The van der Waals surface area contributed by atoms with E-state index in [1.165, 1.54) is 12.8 Å². The monoisotopic (exact) mass is 221 g/mol. The van der Waals surface area contributed by atoms with Gasteiger partial charge in [0.1, 0.15) is 5.76 Å². The molecule has 1 aliphatic carbocycles. The molecular formula is C13H19NO2. The highest BCUT2D eigenvalue weighted by atomic mass is 16.5. The van der Waals surface area contributed by atoms with E-state index in [-0.39, 0.29) is 5.41 Å². The second-order valence-electron chi connectivity index (χ2n) is 5.20. The molecule has 2 N–H and O–H groups in total. The molecular weight excluding hydrogens is 202 g/mol. The molecule has 1 aromatic heterocycles. The predicted octanol–water partition coefficient (Wildman–Crippen LogP) is 1.97. The lowest BCUT2D eigenvalue weighted by Gasteiger charge is -2.32. The average molecular weight is 221 g/mol. The van der Waals surface area contributed by atoms with Gasteiger partial charge in [0.15, 0.2) is 0 Å². The van der Waals surface area contributed by atoms with E-state index >= 15 is 0 Å². The molecule has 2 fully saturated rings. The molecule has 1 aliphatic heterocycles. The summed E-state index contributed by atoms with van der Waals surface area (Å²) in [4.78, 5) is 0. The number of hydrogen-bond acceptors (Lipinski definition) is 3. The molecule has 0 spiro atoms. The summed E-state index contributed by atoms with van der Waals surface area (Å²) in [5.74, 6) is 1.79.